The Morgan fingerprint density at radius 1 is 0.460 bits per heavy atom. The molecule has 0 aliphatic heterocycles. The summed E-state index contributed by atoms with van der Waals surface area (Å²) in [6.45, 7) is 0. The van der Waals surface area contributed by atoms with Gasteiger partial charge < -0.3 is 22.1 Å². The highest BCUT2D eigenvalue weighted by Gasteiger charge is 2.31. The Kier molecular flexibility index (Phi) is 9.65. The lowest BCUT2D eigenvalue weighted by atomic mass is 10.1. The van der Waals surface area contributed by atoms with Crippen molar-refractivity contribution in [2.24, 2.45) is 0 Å². The number of benzene rings is 4. The number of para-hydroxylation sites is 2. The first kappa shape index (κ1) is 34.3. The van der Waals surface area contributed by atoms with Crippen molar-refractivity contribution in [1.82, 2.24) is 29.9 Å². The van der Waals surface area contributed by atoms with Crippen molar-refractivity contribution in [3.63, 3.8) is 0 Å². The molecular formula is C32H22F6N10S2. The van der Waals surface area contributed by atoms with Crippen LogP contribution in [0.4, 0.5) is 61.5 Å². The van der Waals surface area contributed by atoms with Crippen LogP contribution in [0.5, 0.6) is 0 Å². The molecule has 0 amide bonds. The highest BCUT2D eigenvalue weighted by atomic mass is 33.1. The zero-order valence-corrected chi connectivity index (χ0v) is 26.8. The molecule has 0 aliphatic rings. The molecule has 0 fully saturated rings. The fourth-order valence-corrected chi connectivity index (χ4v) is 6.66. The third-order valence-corrected chi connectivity index (χ3v) is 9.22. The third kappa shape index (κ3) is 8.32. The molecule has 50 heavy (non-hydrogen) atoms. The van der Waals surface area contributed by atoms with Crippen molar-refractivity contribution < 1.29 is 26.3 Å². The van der Waals surface area contributed by atoms with Crippen LogP contribution in [0.15, 0.2) is 107 Å². The molecule has 0 aliphatic carbocycles. The maximum Gasteiger partial charge on any atom is 0.416 e. The first-order chi connectivity index (χ1) is 23.8. The number of hydrogen-bond donors (Lipinski definition) is 4. The number of hydrogen-bond acceptors (Lipinski definition) is 12. The summed E-state index contributed by atoms with van der Waals surface area (Å²) in [5, 5.41) is 6.23. The molecule has 6 N–H and O–H groups in total. The number of anilines is 6. The first-order valence-corrected chi connectivity index (χ1v) is 16.4. The van der Waals surface area contributed by atoms with E-state index in [4.69, 9.17) is 11.5 Å². The molecule has 254 valence electrons. The zero-order chi connectivity index (χ0) is 35.5. The maximum atomic E-state index is 13.0. The topological polar surface area (TPSA) is 153 Å². The Hall–Kier alpha value is -5.62. The molecule has 0 unspecified atom stereocenters. The van der Waals surface area contributed by atoms with Crippen molar-refractivity contribution in [2.75, 3.05) is 22.1 Å². The third-order valence-electron chi connectivity index (χ3n) is 6.73. The lowest BCUT2D eigenvalue weighted by Crippen LogP contribution is -2.06. The van der Waals surface area contributed by atoms with E-state index in [0.717, 1.165) is 34.1 Å². The van der Waals surface area contributed by atoms with Gasteiger partial charge in [0.05, 0.1) is 22.5 Å². The average molecular weight is 725 g/mol. The number of rotatable bonds is 9. The second-order valence-electron chi connectivity index (χ2n) is 10.2. The van der Waals surface area contributed by atoms with E-state index in [1.807, 2.05) is 24.3 Å². The summed E-state index contributed by atoms with van der Waals surface area (Å²) in [4.78, 5) is 26.7. The van der Waals surface area contributed by atoms with E-state index in [0.29, 0.717) is 22.5 Å². The second kappa shape index (κ2) is 14.1. The highest BCUT2D eigenvalue weighted by molar-refractivity contribution is 8.76. The molecule has 6 aromatic rings. The minimum atomic E-state index is -4.48. The van der Waals surface area contributed by atoms with Crippen molar-refractivity contribution >= 4 is 56.8 Å². The van der Waals surface area contributed by atoms with Gasteiger partial charge in [-0.1, -0.05) is 70.1 Å². The summed E-state index contributed by atoms with van der Waals surface area (Å²) in [7, 11) is 2.79. The molecule has 0 bridgehead atoms. The molecule has 0 saturated carbocycles. The van der Waals surface area contributed by atoms with Crippen LogP contribution in [0.2, 0.25) is 0 Å². The molecule has 10 nitrogen and oxygen atoms in total. The summed E-state index contributed by atoms with van der Waals surface area (Å²) in [5.74, 6) is 0.102. The van der Waals surface area contributed by atoms with Gasteiger partial charge in [0.15, 0.2) is 11.6 Å². The Morgan fingerprint density at radius 2 is 0.820 bits per heavy atom. The van der Waals surface area contributed by atoms with Gasteiger partial charge in [-0.25, -0.2) is 0 Å². The lowest BCUT2D eigenvalue weighted by molar-refractivity contribution is -0.138. The van der Waals surface area contributed by atoms with Crippen LogP contribution < -0.4 is 22.1 Å². The molecule has 18 heteroatoms. The van der Waals surface area contributed by atoms with Gasteiger partial charge in [0.25, 0.3) is 0 Å². The summed E-state index contributed by atoms with van der Waals surface area (Å²) in [6, 6.07) is 23.4. The van der Waals surface area contributed by atoms with Gasteiger partial charge in [-0.15, -0.1) is 0 Å². The van der Waals surface area contributed by atoms with Gasteiger partial charge in [0.1, 0.15) is 0 Å². The summed E-state index contributed by atoms with van der Waals surface area (Å²) in [5.41, 5.74) is 12.1. The number of nitrogen functional groups attached to an aromatic ring is 2. The lowest BCUT2D eigenvalue weighted by Gasteiger charge is -2.13. The van der Waals surface area contributed by atoms with E-state index in [1.165, 1.54) is 45.9 Å². The fourth-order valence-electron chi connectivity index (χ4n) is 4.39. The molecule has 0 spiro atoms. The van der Waals surface area contributed by atoms with E-state index in [1.54, 1.807) is 24.3 Å². The quantitative estimate of drug-likeness (QED) is 0.0832. The molecule has 6 rings (SSSR count). The number of nitrogens with zero attached hydrogens (tertiary/aromatic N) is 6. The summed E-state index contributed by atoms with van der Waals surface area (Å²) in [6.07, 6.45) is -8.97. The Bertz CT molecular complexity index is 1980. The smallest absolute Gasteiger partial charge is 0.368 e. The number of alkyl halides is 6. The monoisotopic (exact) mass is 724 g/mol. The Labute approximate surface area is 287 Å². The Morgan fingerprint density at radius 3 is 1.18 bits per heavy atom. The minimum Gasteiger partial charge on any atom is -0.368 e. The van der Waals surface area contributed by atoms with Gasteiger partial charge in [-0.05, 0) is 48.5 Å². The number of nitrogens with two attached hydrogens (primary N) is 2. The van der Waals surface area contributed by atoms with Crippen LogP contribution in [0, 0.1) is 0 Å². The van der Waals surface area contributed by atoms with Crippen molar-refractivity contribution in [2.45, 2.75) is 22.1 Å². The van der Waals surface area contributed by atoms with Crippen LogP contribution in [-0.2, 0) is 12.4 Å². The van der Waals surface area contributed by atoms with E-state index in [2.05, 4.69) is 40.5 Å². The maximum absolute atomic E-state index is 13.0. The normalized spacial score (nSPS) is 11.7. The molecule has 4 aromatic carbocycles. The van der Waals surface area contributed by atoms with E-state index in [9.17, 15) is 26.3 Å². The fraction of sp³-hybridized carbons (Fsp3) is 0.0625. The largest absolute Gasteiger partial charge is 0.416 e. The highest BCUT2D eigenvalue weighted by Crippen LogP contribution is 2.44. The average Bonchev–Trinajstić information content (AvgIpc) is 3.07. The van der Waals surface area contributed by atoms with Gasteiger partial charge >= 0.3 is 12.4 Å². The van der Waals surface area contributed by atoms with Crippen LogP contribution in [0.3, 0.4) is 0 Å². The van der Waals surface area contributed by atoms with Gasteiger partial charge in [-0.2, -0.15) is 56.2 Å². The van der Waals surface area contributed by atoms with Crippen molar-refractivity contribution in [1.29, 1.82) is 0 Å². The van der Waals surface area contributed by atoms with Crippen LogP contribution in [0.1, 0.15) is 11.1 Å². The van der Waals surface area contributed by atoms with E-state index < -0.39 is 23.5 Å². The first-order valence-electron chi connectivity index (χ1n) is 14.3. The minimum absolute atomic E-state index is 0.0868. The standard InChI is InChI=1S/C32H22F6N10S2/c33-31(34,35)19-13-9-17(10-14-19)25-43-27(39)47-29(45-25)41-21-5-1-3-7-23(21)49-50-24-8-4-2-6-22(24)42-30-46-26(44-28(40)48-30)18-11-15-20(16-12-18)32(36,37)38/h1-16H,(H3,39,41,43,45,47)(H3,40,42,44,46,48). The number of aromatic nitrogens is 6. The molecule has 2 aromatic heterocycles. The molecule has 0 radical (unpaired) electrons. The van der Waals surface area contributed by atoms with Gasteiger partial charge in [0, 0.05) is 20.9 Å². The molecular weight excluding hydrogens is 703 g/mol. The van der Waals surface area contributed by atoms with E-state index in [-0.39, 0.29) is 35.4 Å². The van der Waals surface area contributed by atoms with Gasteiger partial charge in [-0.3, -0.25) is 0 Å². The second-order valence-corrected chi connectivity index (χ2v) is 12.5. The van der Waals surface area contributed by atoms with E-state index >= 15 is 0 Å². The summed E-state index contributed by atoms with van der Waals surface area (Å²) >= 11 is 0. The number of nitrogens with one attached hydrogen (secondary N) is 2. The molecule has 0 saturated heterocycles. The summed E-state index contributed by atoms with van der Waals surface area (Å²) < 4.78 is 78.2. The van der Waals surface area contributed by atoms with Gasteiger partial charge in [0.2, 0.25) is 23.8 Å². The zero-order valence-electron chi connectivity index (χ0n) is 25.2. The predicted molar refractivity (Wildman–Crippen MR) is 181 cm³/mol. The van der Waals surface area contributed by atoms with Crippen LogP contribution in [-0.4, -0.2) is 29.9 Å². The van der Waals surface area contributed by atoms with Crippen LogP contribution in [0.25, 0.3) is 22.8 Å². The SMILES string of the molecule is Nc1nc(Nc2ccccc2SSc2ccccc2Nc2nc(N)nc(-c3ccc(C(F)(F)F)cc3)n2)nc(-c2ccc(C(F)(F)F)cc2)n1. The Balaban J connectivity index is 1.19. The molecule has 2 heterocycles. The van der Waals surface area contributed by atoms with Crippen LogP contribution >= 0.6 is 21.6 Å². The van der Waals surface area contributed by atoms with Crippen molar-refractivity contribution in [3.05, 3.63) is 108 Å². The van der Waals surface area contributed by atoms with Crippen molar-refractivity contribution in [3.8, 4) is 22.8 Å². The predicted octanol–water partition coefficient (Wildman–Crippen LogP) is 8.88. The molecule has 0 atom stereocenters. The number of halogens is 6.